The van der Waals surface area contributed by atoms with Crippen molar-refractivity contribution < 1.29 is 14.1 Å². The normalized spacial score (nSPS) is 10.6. The number of benzene rings is 2. The van der Waals surface area contributed by atoms with Crippen molar-refractivity contribution in [1.29, 1.82) is 0 Å². The third-order valence-corrected chi connectivity index (χ3v) is 4.35. The van der Waals surface area contributed by atoms with Gasteiger partial charge in [-0.05, 0) is 17.7 Å². The Morgan fingerprint density at radius 1 is 1.16 bits per heavy atom. The maximum Gasteiger partial charge on any atom is 0.277 e. The topological polar surface area (TPSA) is 91.3 Å². The minimum Gasteiger partial charge on any atom is -0.482 e. The molecular formula is C16H12ClN3O4S. The van der Waals surface area contributed by atoms with Crippen molar-refractivity contribution in [2.45, 2.75) is 17.6 Å². The van der Waals surface area contributed by atoms with E-state index < -0.39 is 4.92 Å². The summed E-state index contributed by atoms with van der Waals surface area (Å²) < 4.78 is 11.0. The van der Waals surface area contributed by atoms with Gasteiger partial charge < -0.3 is 9.15 Å². The van der Waals surface area contributed by atoms with Gasteiger partial charge in [0.2, 0.25) is 0 Å². The number of nitro benzene ring substituents is 1. The molecule has 0 fully saturated rings. The van der Waals surface area contributed by atoms with Crippen LogP contribution in [-0.4, -0.2) is 15.1 Å². The van der Waals surface area contributed by atoms with E-state index in [2.05, 4.69) is 10.2 Å². The fourth-order valence-electron chi connectivity index (χ4n) is 1.92. The molecule has 0 radical (unpaired) electrons. The van der Waals surface area contributed by atoms with E-state index in [1.54, 1.807) is 24.3 Å². The highest BCUT2D eigenvalue weighted by Crippen LogP contribution is 2.25. The fraction of sp³-hybridized carbons (Fsp3) is 0.125. The molecule has 1 aromatic heterocycles. The number of hydrogen-bond acceptors (Lipinski definition) is 7. The SMILES string of the molecule is O=[N+]([O-])c1ccc(CSc2nnc(COc3ccccc3Cl)o2)cc1. The van der Waals surface area contributed by atoms with E-state index in [9.17, 15) is 10.1 Å². The third-order valence-electron chi connectivity index (χ3n) is 3.15. The molecule has 9 heteroatoms. The van der Waals surface area contributed by atoms with Crippen LogP contribution in [0.3, 0.4) is 0 Å². The van der Waals surface area contributed by atoms with Crippen molar-refractivity contribution in [2.75, 3.05) is 0 Å². The van der Waals surface area contributed by atoms with E-state index in [4.69, 9.17) is 20.8 Å². The number of aromatic nitrogens is 2. The highest BCUT2D eigenvalue weighted by Gasteiger charge is 2.10. The van der Waals surface area contributed by atoms with Crippen molar-refractivity contribution in [1.82, 2.24) is 10.2 Å². The zero-order valence-corrected chi connectivity index (χ0v) is 14.4. The highest BCUT2D eigenvalue weighted by atomic mass is 35.5. The van der Waals surface area contributed by atoms with Crippen LogP contribution in [0.4, 0.5) is 5.69 Å². The molecule has 128 valence electrons. The molecule has 3 rings (SSSR count). The first kappa shape index (κ1) is 17.2. The Kier molecular flexibility index (Phi) is 5.52. The number of nitrogens with zero attached hydrogens (tertiary/aromatic N) is 3. The zero-order valence-electron chi connectivity index (χ0n) is 12.8. The van der Waals surface area contributed by atoms with Gasteiger partial charge in [-0.2, -0.15) is 0 Å². The minimum absolute atomic E-state index is 0.0607. The molecule has 2 aromatic carbocycles. The Morgan fingerprint density at radius 2 is 1.92 bits per heavy atom. The first-order chi connectivity index (χ1) is 12.1. The lowest BCUT2D eigenvalue weighted by atomic mass is 10.2. The molecule has 0 saturated heterocycles. The molecule has 3 aromatic rings. The van der Waals surface area contributed by atoms with Crippen molar-refractivity contribution in [2.24, 2.45) is 0 Å². The quantitative estimate of drug-likeness (QED) is 0.340. The number of thioether (sulfide) groups is 1. The summed E-state index contributed by atoms with van der Waals surface area (Å²) in [7, 11) is 0. The lowest BCUT2D eigenvalue weighted by Crippen LogP contribution is -1.95. The summed E-state index contributed by atoms with van der Waals surface area (Å²) in [6.45, 7) is 0.120. The molecule has 0 aliphatic rings. The summed E-state index contributed by atoms with van der Waals surface area (Å²) in [5.74, 6) is 1.44. The first-order valence-electron chi connectivity index (χ1n) is 7.17. The number of halogens is 1. The number of ether oxygens (including phenoxy) is 1. The number of hydrogen-bond donors (Lipinski definition) is 0. The predicted molar refractivity (Wildman–Crippen MR) is 92.7 cm³/mol. The van der Waals surface area contributed by atoms with Crippen molar-refractivity contribution in [3.05, 3.63) is 75.1 Å². The largest absolute Gasteiger partial charge is 0.482 e. The standard InChI is InChI=1S/C16H12ClN3O4S/c17-13-3-1-2-4-14(13)23-9-15-18-19-16(24-15)25-10-11-5-7-12(8-6-11)20(21)22/h1-8H,9-10H2. The van der Waals surface area contributed by atoms with Gasteiger partial charge in [0, 0.05) is 17.9 Å². The van der Waals surface area contributed by atoms with Crippen LogP contribution in [0.2, 0.25) is 5.02 Å². The summed E-state index contributed by atoms with van der Waals surface area (Å²) in [5, 5.41) is 19.4. The second kappa shape index (κ2) is 8.00. The molecule has 0 spiro atoms. The summed E-state index contributed by atoms with van der Waals surface area (Å²) in [6, 6.07) is 13.4. The van der Waals surface area contributed by atoms with Crippen LogP contribution in [0.15, 0.2) is 58.2 Å². The smallest absolute Gasteiger partial charge is 0.277 e. The van der Waals surface area contributed by atoms with E-state index in [0.717, 1.165) is 5.56 Å². The maximum atomic E-state index is 10.6. The third kappa shape index (κ3) is 4.71. The molecular weight excluding hydrogens is 366 g/mol. The van der Waals surface area contributed by atoms with Gasteiger partial charge in [-0.1, -0.05) is 47.6 Å². The number of rotatable bonds is 7. The number of non-ortho nitro benzene ring substituents is 1. The van der Waals surface area contributed by atoms with Crippen LogP contribution in [0.25, 0.3) is 0 Å². The van der Waals surface area contributed by atoms with E-state index >= 15 is 0 Å². The molecule has 1 heterocycles. The van der Waals surface area contributed by atoms with Crippen molar-refractivity contribution in [3.8, 4) is 5.75 Å². The molecule has 0 aliphatic carbocycles. The van der Waals surface area contributed by atoms with Gasteiger partial charge in [-0.15, -0.1) is 10.2 Å². The Morgan fingerprint density at radius 3 is 2.64 bits per heavy atom. The van der Waals surface area contributed by atoms with Gasteiger partial charge in [-0.25, -0.2) is 0 Å². The van der Waals surface area contributed by atoms with Crippen LogP contribution in [0, 0.1) is 10.1 Å². The maximum absolute atomic E-state index is 10.6. The average molecular weight is 378 g/mol. The summed E-state index contributed by atoms with van der Waals surface area (Å²) >= 11 is 7.35. The van der Waals surface area contributed by atoms with Gasteiger partial charge in [-0.3, -0.25) is 10.1 Å². The lowest BCUT2D eigenvalue weighted by Gasteiger charge is -2.04. The molecule has 0 saturated carbocycles. The van der Waals surface area contributed by atoms with Gasteiger partial charge in [0.1, 0.15) is 5.75 Å². The molecule has 0 amide bonds. The number of nitro groups is 1. The highest BCUT2D eigenvalue weighted by molar-refractivity contribution is 7.98. The molecule has 0 atom stereocenters. The Hall–Kier alpha value is -2.58. The molecule has 0 aliphatic heterocycles. The molecule has 25 heavy (non-hydrogen) atoms. The predicted octanol–water partition coefficient (Wildman–Crippen LogP) is 4.50. The van der Waals surface area contributed by atoms with Crippen molar-refractivity contribution in [3.63, 3.8) is 0 Å². The van der Waals surface area contributed by atoms with E-state index in [1.165, 1.54) is 23.9 Å². The molecule has 0 unspecified atom stereocenters. The molecule has 0 bridgehead atoms. The second-order valence-corrected chi connectivity index (χ2v) is 6.23. The summed E-state index contributed by atoms with van der Waals surface area (Å²) in [6.07, 6.45) is 0. The Labute approximate surface area is 152 Å². The average Bonchev–Trinajstić information content (AvgIpc) is 3.07. The van der Waals surface area contributed by atoms with Crippen LogP contribution >= 0.6 is 23.4 Å². The van der Waals surface area contributed by atoms with Crippen LogP contribution in [0.5, 0.6) is 5.75 Å². The monoisotopic (exact) mass is 377 g/mol. The minimum atomic E-state index is -0.430. The van der Waals surface area contributed by atoms with E-state index in [0.29, 0.717) is 27.6 Å². The van der Waals surface area contributed by atoms with Crippen LogP contribution < -0.4 is 4.74 Å². The van der Waals surface area contributed by atoms with Crippen LogP contribution in [0.1, 0.15) is 11.5 Å². The van der Waals surface area contributed by atoms with Gasteiger partial charge in [0.15, 0.2) is 6.61 Å². The van der Waals surface area contributed by atoms with Gasteiger partial charge in [0.05, 0.1) is 9.95 Å². The lowest BCUT2D eigenvalue weighted by molar-refractivity contribution is -0.384. The Bertz CT molecular complexity index is 870. The van der Waals surface area contributed by atoms with E-state index in [-0.39, 0.29) is 12.3 Å². The Balaban J connectivity index is 1.53. The van der Waals surface area contributed by atoms with Gasteiger partial charge >= 0.3 is 0 Å². The molecule has 7 nitrogen and oxygen atoms in total. The summed E-state index contributed by atoms with van der Waals surface area (Å²) in [4.78, 5) is 10.2. The van der Waals surface area contributed by atoms with Crippen molar-refractivity contribution >= 4 is 29.1 Å². The number of para-hydroxylation sites is 1. The van der Waals surface area contributed by atoms with Gasteiger partial charge in [0.25, 0.3) is 16.8 Å². The molecule has 0 N–H and O–H groups in total. The van der Waals surface area contributed by atoms with Crippen LogP contribution in [-0.2, 0) is 12.4 Å². The zero-order chi connectivity index (χ0) is 17.6. The fourth-order valence-corrected chi connectivity index (χ4v) is 2.84. The second-order valence-electron chi connectivity index (χ2n) is 4.89. The first-order valence-corrected chi connectivity index (χ1v) is 8.54. The summed E-state index contributed by atoms with van der Waals surface area (Å²) in [5.41, 5.74) is 0.980. The van der Waals surface area contributed by atoms with E-state index in [1.807, 2.05) is 12.1 Å².